The molecule has 27 heavy (non-hydrogen) atoms. The second-order valence-electron chi connectivity index (χ2n) is 6.62. The fraction of sp³-hybridized carbons (Fsp3) is 0.300. The first-order valence-corrected chi connectivity index (χ1v) is 8.91. The van der Waals surface area contributed by atoms with Crippen LogP contribution in [0.15, 0.2) is 55.0 Å². The molecule has 0 amide bonds. The first-order valence-electron chi connectivity index (χ1n) is 8.91. The standard InChI is InChI=1S/C20H22FN5.ClH/c1-15(17-13-23-24-14-17)25-8-10-26(11-9-25)20-19(6-3-7-22-20)16-4-2-5-18(21)12-16;/h2-7,12-15H,8-11H2,1H3,(H,23,24);1H. The Hall–Kier alpha value is -2.44. The zero-order chi connectivity index (χ0) is 17.9. The van der Waals surface area contributed by atoms with Crippen molar-refractivity contribution < 1.29 is 4.39 Å². The van der Waals surface area contributed by atoms with E-state index < -0.39 is 0 Å². The Morgan fingerprint density at radius 3 is 2.63 bits per heavy atom. The van der Waals surface area contributed by atoms with Gasteiger partial charge in [0.1, 0.15) is 11.6 Å². The Labute approximate surface area is 164 Å². The predicted octanol–water partition coefficient (Wildman–Crippen LogP) is 3.92. The summed E-state index contributed by atoms with van der Waals surface area (Å²) in [5, 5.41) is 6.94. The summed E-state index contributed by atoms with van der Waals surface area (Å²) in [5.41, 5.74) is 3.04. The van der Waals surface area contributed by atoms with Gasteiger partial charge in [-0.25, -0.2) is 9.37 Å². The van der Waals surface area contributed by atoms with Crippen LogP contribution in [0.25, 0.3) is 11.1 Å². The van der Waals surface area contributed by atoms with E-state index in [2.05, 4.69) is 31.9 Å². The second-order valence-corrected chi connectivity index (χ2v) is 6.62. The molecule has 1 atom stereocenters. The van der Waals surface area contributed by atoms with Crippen molar-refractivity contribution in [3.63, 3.8) is 0 Å². The number of hydrogen-bond acceptors (Lipinski definition) is 4. The van der Waals surface area contributed by atoms with Gasteiger partial charge in [-0.15, -0.1) is 12.4 Å². The third-order valence-corrected chi connectivity index (χ3v) is 5.09. The molecule has 3 heterocycles. The Morgan fingerprint density at radius 2 is 1.93 bits per heavy atom. The number of nitrogens with one attached hydrogen (secondary N) is 1. The number of anilines is 1. The summed E-state index contributed by atoms with van der Waals surface area (Å²) in [5.74, 6) is 0.699. The summed E-state index contributed by atoms with van der Waals surface area (Å²) in [7, 11) is 0. The van der Waals surface area contributed by atoms with Crippen LogP contribution >= 0.6 is 12.4 Å². The van der Waals surface area contributed by atoms with Gasteiger partial charge in [-0.1, -0.05) is 12.1 Å². The van der Waals surface area contributed by atoms with Crippen LogP contribution in [0.1, 0.15) is 18.5 Å². The van der Waals surface area contributed by atoms with Crippen molar-refractivity contribution in [2.75, 3.05) is 31.1 Å². The number of H-pyrrole nitrogens is 1. The van der Waals surface area contributed by atoms with E-state index in [1.165, 1.54) is 11.6 Å². The molecule has 1 unspecified atom stereocenters. The van der Waals surface area contributed by atoms with Crippen LogP contribution in [-0.4, -0.2) is 46.3 Å². The number of hydrogen-bond donors (Lipinski definition) is 1. The van der Waals surface area contributed by atoms with Crippen LogP contribution in [0.3, 0.4) is 0 Å². The number of rotatable bonds is 4. The summed E-state index contributed by atoms with van der Waals surface area (Å²) in [6.07, 6.45) is 5.65. The quantitative estimate of drug-likeness (QED) is 0.737. The average molecular weight is 388 g/mol. The van der Waals surface area contributed by atoms with E-state index in [-0.39, 0.29) is 18.2 Å². The third-order valence-electron chi connectivity index (χ3n) is 5.09. The summed E-state index contributed by atoms with van der Waals surface area (Å²) in [4.78, 5) is 9.34. The molecule has 1 aromatic carbocycles. The van der Waals surface area contributed by atoms with Crippen LogP contribution in [0.4, 0.5) is 10.2 Å². The fourth-order valence-corrected chi connectivity index (χ4v) is 3.55. The summed E-state index contributed by atoms with van der Waals surface area (Å²) in [6.45, 7) is 5.89. The molecule has 1 aliphatic rings. The molecule has 4 rings (SSSR count). The highest BCUT2D eigenvalue weighted by atomic mass is 35.5. The molecule has 1 N–H and O–H groups in total. The second kappa shape index (κ2) is 8.50. The predicted molar refractivity (Wildman–Crippen MR) is 108 cm³/mol. The van der Waals surface area contributed by atoms with Gasteiger partial charge >= 0.3 is 0 Å². The lowest BCUT2D eigenvalue weighted by molar-refractivity contribution is 0.198. The summed E-state index contributed by atoms with van der Waals surface area (Å²) >= 11 is 0. The van der Waals surface area contributed by atoms with Gasteiger partial charge in [0.2, 0.25) is 0 Å². The maximum absolute atomic E-state index is 13.7. The van der Waals surface area contributed by atoms with E-state index in [4.69, 9.17) is 0 Å². The highest BCUT2D eigenvalue weighted by Crippen LogP contribution is 2.30. The minimum absolute atomic E-state index is 0. The van der Waals surface area contributed by atoms with E-state index in [0.717, 1.165) is 43.1 Å². The van der Waals surface area contributed by atoms with Crippen LogP contribution in [0.5, 0.6) is 0 Å². The van der Waals surface area contributed by atoms with Gasteiger partial charge in [0, 0.05) is 55.7 Å². The Balaban J connectivity index is 0.00000210. The minimum atomic E-state index is -0.226. The Bertz CT molecular complexity index is 862. The first-order chi connectivity index (χ1) is 12.7. The Morgan fingerprint density at radius 1 is 1.11 bits per heavy atom. The average Bonchev–Trinajstić information content (AvgIpc) is 3.22. The molecule has 2 aromatic heterocycles. The molecule has 0 bridgehead atoms. The molecular formula is C20H23ClFN5. The molecule has 1 fully saturated rings. The van der Waals surface area contributed by atoms with Crippen molar-refractivity contribution in [3.05, 3.63) is 66.4 Å². The highest BCUT2D eigenvalue weighted by molar-refractivity contribution is 5.85. The lowest BCUT2D eigenvalue weighted by Crippen LogP contribution is -2.47. The van der Waals surface area contributed by atoms with Crippen molar-refractivity contribution in [3.8, 4) is 11.1 Å². The van der Waals surface area contributed by atoms with E-state index >= 15 is 0 Å². The topological polar surface area (TPSA) is 48.1 Å². The van der Waals surface area contributed by atoms with Crippen LogP contribution in [0, 0.1) is 5.82 Å². The van der Waals surface area contributed by atoms with E-state index in [1.807, 2.05) is 30.6 Å². The lowest BCUT2D eigenvalue weighted by Gasteiger charge is -2.39. The molecule has 0 spiro atoms. The first kappa shape index (κ1) is 19.3. The van der Waals surface area contributed by atoms with Crippen molar-refractivity contribution in [1.82, 2.24) is 20.1 Å². The van der Waals surface area contributed by atoms with Crippen molar-refractivity contribution in [2.45, 2.75) is 13.0 Å². The number of benzene rings is 1. The molecule has 0 saturated carbocycles. The molecule has 0 aliphatic carbocycles. The van der Waals surface area contributed by atoms with Gasteiger partial charge in [0.25, 0.3) is 0 Å². The van der Waals surface area contributed by atoms with Gasteiger partial charge < -0.3 is 4.90 Å². The summed E-state index contributed by atoms with van der Waals surface area (Å²) in [6, 6.07) is 11.0. The fourth-order valence-electron chi connectivity index (χ4n) is 3.55. The molecule has 0 radical (unpaired) electrons. The largest absolute Gasteiger partial charge is 0.354 e. The SMILES string of the molecule is CC(c1cn[nH]c1)N1CCN(c2ncccc2-c2cccc(F)c2)CC1.Cl. The molecular weight excluding hydrogens is 365 g/mol. The van der Waals surface area contributed by atoms with Gasteiger partial charge in [-0.3, -0.25) is 10.00 Å². The maximum atomic E-state index is 13.7. The van der Waals surface area contributed by atoms with E-state index in [9.17, 15) is 4.39 Å². The van der Waals surface area contributed by atoms with Crippen molar-refractivity contribution in [1.29, 1.82) is 0 Å². The number of piperazine rings is 1. The lowest BCUT2D eigenvalue weighted by atomic mass is 10.1. The van der Waals surface area contributed by atoms with Crippen LogP contribution in [0.2, 0.25) is 0 Å². The monoisotopic (exact) mass is 387 g/mol. The normalized spacial score (nSPS) is 16.0. The highest BCUT2D eigenvalue weighted by Gasteiger charge is 2.24. The molecule has 3 aromatic rings. The number of aromatic nitrogens is 3. The Kier molecular flexibility index (Phi) is 6.08. The zero-order valence-electron chi connectivity index (χ0n) is 15.2. The number of halogens is 2. The smallest absolute Gasteiger partial charge is 0.136 e. The van der Waals surface area contributed by atoms with Gasteiger partial charge in [-0.2, -0.15) is 5.10 Å². The number of aromatic amines is 1. The van der Waals surface area contributed by atoms with Crippen LogP contribution in [-0.2, 0) is 0 Å². The molecule has 142 valence electrons. The summed E-state index contributed by atoms with van der Waals surface area (Å²) < 4.78 is 13.7. The third kappa shape index (κ3) is 4.12. The molecule has 1 saturated heterocycles. The number of nitrogens with zero attached hydrogens (tertiary/aromatic N) is 4. The van der Waals surface area contributed by atoms with E-state index in [1.54, 1.807) is 18.3 Å². The van der Waals surface area contributed by atoms with Gasteiger partial charge in [0.05, 0.1) is 6.20 Å². The maximum Gasteiger partial charge on any atom is 0.136 e. The minimum Gasteiger partial charge on any atom is -0.354 e. The van der Waals surface area contributed by atoms with Crippen LogP contribution < -0.4 is 4.90 Å². The molecule has 7 heteroatoms. The van der Waals surface area contributed by atoms with Gasteiger partial charge in [0.15, 0.2) is 0 Å². The van der Waals surface area contributed by atoms with Crippen molar-refractivity contribution in [2.24, 2.45) is 0 Å². The van der Waals surface area contributed by atoms with Gasteiger partial charge in [-0.05, 0) is 36.8 Å². The van der Waals surface area contributed by atoms with E-state index in [0.29, 0.717) is 6.04 Å². The zero-order valence-corrected chi connectivity index (χ0v) is 16.0. The molecule has 1 aliphatic heterocycles. The van der Waals surface area contributed by atoms with Crippen molar-refractivity contribution >= 4 is 18.2 Å². The number of pyridine rings is 1. The molecule has 5 nitrogen and oxygen atoms in total.